The summed E-state index contributed by atoms with van der Waals surface area (Å²) >= 11 is 0. The van der Waals surface area contributed by atoms with Gasteiger partial charge in [-0.2, -0.15) is 0 Å². The molecule has 0 unspecified atom stereocenters. The van der Waals surface area contributed by atoms with Crippen LogP contribution in [0, 0.1) is 0 Å². The summed E-state index contributed by atoms with van der Waals surface area (Å²) in [5.74, 6) is 0. The molecule has 116 valence electrons. The third kappa shape index (κ3) is 4.21. The largest absolute Gasteiger partial charge is 0.379 e. The lowest BCUT2D eigenvalue weighted by molar-refractivity contribution is 0.0272. The van der Waals surface area contributed by atoms with Gasteiger partial charge >= 0.3 is 0 Å². The molecule has 2 heterocycles. The Kier molecular flexibility index (Phi) is 4.51. The molecule has 0 atom stereocenters. The predicted octanol–water partition coefficient (Wildman–Crippen LogP) is -0.141. The van der Waals surface area contributed by atoms with E-state index in [4.69, 9.17) is 4.74 Å². The Hall–Kier alpha value is -1.06. The summed E-state index contributed by atoms with van der Waals surface area (Å²) in [6.45, 7) is 2.88. The Bertz CT molecular complexity index is 566. The molecule has 8 heteroatoms. The van der Waals surface area contributed by atoms with E-state index in [1.165, 1.54) is 12.8 Å². The van der Waals surface area contributed by atoms with E-state index in [2.05, 4.69) is 15.1 Å². The average Bonchev–Trinajstić information content (AvgIpc) is 3.30. The zero-order valence-electron chi connectivity index (χ0n) is 11.8. The number of morpholine rings is 1. The van der Waals surface area contributed by atoms with Crippen LogP contribution in [0.4, 0.5) is 0 Å². The minimum Gasteiger partial charge on any atom is -0.379 e. The highest BCUT2D eigenvalue weighted by Gasteiger charge is 2.22. The van der Waals surface area contributed by atoms with Crippen LogP contribution in [-0.4, -0.2) is 50.8 Å². The molecule has 0 spiro atoms. The molecule has 21 heavy (non-hydrogen) atoms. The van der Waals surface area contributed by atoms with Crippen molar-refractivity contribution >= 4 is 10.0 Å². The maximum atomic E-state index is 12.2. The van der Waals surface area contributed by atoms with Gasteiger partial charge in [-0.3, -0.25) is 0 Å². The molecule has 0 amide bonds. The Labute approximate surface area is 124 Å². The summed E-state index contributed by atoms with van der Waals surface area (Å²) in [5.41, 5.74) is 0.993. The Balaban J connectivity index is 1.60. The summed E-state index contributed by atoms with van der Waals surface area (Å²) in [6.07, 6.45) is 4.07. The van der Waals surface area contributed by atoms with Gasteiger partial charge in [0.1, 0.15) is 0 Å². The number of nitrogens with zero attached hydrogens (tertiary/aromatic N) is 2. The monoisotopic (exact) mass is 312 g/mol. The highest BCUT2D eigenvalue weighted by atomic mass is 32.2. The Morgan fingerprint density at radius 2 is 2.05 bits per heavy atom. The number of hydrogen-bond acceptors (Lipinski definition) is 6. The van der Waals surface area contributed by atoms with Crippen molar-refractivity contribution in [2.75, 3.05) is 26.3 Å². The van der Waals surface area contributed by atoms with Crippen molar-refractivity contribution in [3.05, 3.63) is 23.9 Å². The summed E-state index contributed by atoms with van der Waals surface area (Å²) in [7, 11) is -3.61. The summed E-state index contributed by atoms with van der Waals surface area (Å²) in [6, 6.07) is 3.97. The number of rotatable bonds is 6. The third-order valence-corrected chi connectivity index (χ3v) is 4.80. The molecule has 1 saturated heterocycles. The molecular weight excluding hydrogens is 292 g/mol. The van der Waals surface area contributed by atoms with Crippen LogP contribution in [0.25, 0.3) is 0 Å². The maximum Gasteiger partial charge on any atom is 0.270 e. The maximum absolute atomic E-state index is 12.2. The van der Waals surface area contributed by atoms with Gasteiger partial charge in [0.05, 0.1) is 13.2 Å². The van der Waals surface area contributed by atoms with Crippen molar-refractivity contribution in [3.8, 4) is 0 Å². The van der Waals surface area contributed by atoms with Crippen LogP contribution in [0.15, 0.2) is 23.4 Å². The molecule has 0 bridgehead atoms. The van der Waals surface area contributed by atoms with E-state index >= 15 is 0 Å². The van der Waals surface area contributed by atoms with Gasteiger partial charge in [-0.1, -0.05) is 6.07 Å². The second-order valence-corrected chi connectivity index (χ2v) is 6.96. The average molecular weight is 312 g/mol. The van der Waals surface area contributed by atoms with Crippen molar-refractivity contribution in [2.45, 2.75) is 30.5 Å². The number of nitrogens with one attached hydrogen (secondary N) is 2. The molecule has 3 rings (SSSR count). The predicted molar refractivity (Wildman–Crippen MR) is 76.8 cm³/mol. The number of hydrogen-bond donors (Lipinski definition) is 2. The standard InChI is InChI=1S/C13H20N4O3S/c18-21(19,16-17-5-7-20-8-6-17)13-4-1-11(10-15-13)9-14-12-2-3-12/h1,4,10,12,14,16H,2-3,5-9H2. The zero-order valence-corrected chi connectivity index (χ0v) is 12.6. The summed E-state index contributed by atoms with van der Waals surface area (Å²) in [4.78, 5) is 6.60. The normalized spacial score (nSPS) is 20.6. The van der Waals surface area contributed by atoms with E-state index in [9.17, 15) is 8.42 Å². The number of aromatic nitrogens is 1. The number of pyridine rings is 1. The molecule has 0 aromatic carbocycles. The van der Waals surface area contributed by atoms with Crippen molar-refractivity contribution in [1.29, 1.82) is 0 Å². The number of sulfonamides is 1. The summed E-state index contributed by atoms with van der Waals surface area (Å²) in [5, 5.41) is 5.06. The van der Waals surface area contributed by atoms with E-state index in [0.717, 1.165) is 12.1 Å². The lowest BCUT2D eigenvalue weighted by atomic mass is 10.3. The van der Waals surface area contributed by atoms with Gasteiger partial charge in [-0.25, -0.2) is 18.4 Å². The SMILES string of the molecule is O=S(=O)(NN1CCOCC1)c1ccc(CNC2CC2)cn1. The molecule has 0 radical (unpaired) electrons. The van der Waals surface area contributed by atoms with Crippen molar-refractivity contribution in [1.82, 2.24) is 20.1 Å². The van der Waals surface area contributed by atoms with E-state index in [1.54, 1.807) is 23.3 Å². The summed E-state index contributed by atoms with van der Waals surface area (Å²) < 4.78 is 29.6. The smallest absolute Gasteiger partial charge is 0.270 e. The van der Waals surface area contributed by atoms with Gasteiger partial charge in [0.2, 0.25) is 0 Å². The molecule has 7 nitrogen and oxygen atoms in total. The molecule has 1 aliphatic carbocycles. The van der Waals surface area contributed by atoms with Crippen LogP contribution in [-0.2, 0) is 21.3 Å². The van der Waals surface area contributed by atoms with Crippen LogP contribution < -0.4 is 10.1 Å². The van der Waals surface area contributed by atoms with E-state index in [0.29, 0.717) is 32.3 Å². The van der Waals surface area contributed by atoms with Crippen LogP contribution in [0.3, 0.4) is 0 Å². The highest BCUT2D eigenvalue weighted by molar-refractivity contribution is 7.89. The second-order valence-electron chi connectivity index (χ2n) is 5.35. The van der Waals surface area contributed by atoms with Crippen LogP contribution in [0.2, 0.25) is 0 Å². The van der Waals surface area contributed by atoms with Gasteiger partial charge < -0.3 is 10.1 Å². The quantitative estimate of drug-likeness (QED) is 0.761. The molecule has 1 aromatic rings. The second kappa shape index (κ2) is 6.37. The fourth-order valence-electron chi connectivity index (χ4n) is 2.10. The number of hydrazine groups is 1. The lowest BCUT2D eigenvalue weighted by Crippen LogP contribution is -2.48. The number of ether oxygens (including phenoxy) is 1. The Morgan fingerprint density at radius 3 is 2.67 bits per heavy atom. The topological polar surface area (TPSA) is 83.6 Å². The third-order valence-electron chi connectivity index (χ3n) is 3.51. The molecule has 1 aromatic heterocycles. The van der Waals surface area contributed by atoms with Crippen molar-refractivity contribution in [2.24, 2.45) is 0 Å². The van der Waals surface area contributed by atoms with Crippen LogP contribution in [0.1, 0.15) is 18.4 Å². The Morgan fingerprint density at radius 1 is 1.29 bits per heavy atom. The molecule has 1 aliphatic heterocycles. The highest BCUT2D eigenvalue weighted by Crippen LogP contribution is 2.19. The first kappa shape index (κ1) is 14.9. The van der Waals surface area contributed by atoms with Crippen LogP contribution >= 0.6 is 0 Å². The van der Waals surface area contributed by atoms with Gasteiger partial charge in [-0.05, 0) is 24.5 Å². The molecule has 2 N–H and O–H groups in total. The fraction of sp³-hybridized carbons (Fsp3) is 0.615. The van der Waals surface area contributed by atoms with Gasteiger partial charge in [0.15, 0.2) is 5.03 Å². The van der Waals surface area contributed by atoms with E-state index < -0.39 is 10.0 Å². The fourth-order valence-corrected chi connectivity index (χ4v) is 3.15. The van der Waals surface area contributed by atoms with Gasteiger partial charge in [0.25, 0.3) is 10.0 Å². The first-order chi connectivity index (χ1) is 10.1. The lowest BCUT2D eigenvalue weighted by Gasteiger charge is -2.26. The minimum atomic E-state index is -3.61. The van der Waals surface area contributed by atoms with Crippen molar-refractivity contribution in [3.63, 3.8) is 0 Å². The van der Waals surface area contributed by atoms with E-state index in [-0.39, 0.29) is 5.03 Å². The molecular formula is C13H20N4O3S. The van der Waals surface area contributed by atoms with Crippen LogP contribution in [0.5, 0.6) is 0 Å². The van der Waals surface area contributed by atoms with Gasteiger partial charge in [-0.15, -0.1) is 4.83 Å². The minimum absolute atomic E-state index is 0.0455. The zero-order chi connectivity index (χ0) is 14.7. The molecule has 2 aliphatic rings. The molecule has 2 fully saturated rings. The first-order valence-electron chi connectivity index (χ1n) is 7.17. The van der Waals surface area contributed by atoms with E-state index in [1.807, 2.05) is 0 Å². The first-order valence-corrected chi connectivity index (χ1v) is 8.65. The van der Waals surface area contributed by atoms with Crippen molar-refractivity contribution < 1.29 is 13.2 Å². The van der Waals surface area contributed by atoms with Gasteiger partial charge in [0, 0.05) is 31.9 Å². The molecule has 1 saturated carbocycles.